The lowest BCUT2D eigenvalue weighted by atomic mass is 10.0. The van der Waals surface area contributed by atoms with Crippen molar-refractivity contribution >= 4 is 5.91 Å². The van der Waals surface area contributed by atoms with Crippen LogP contribution < -0.4 is 14.8 Å². The summed E-state index contributed by atoms with van der Waals surface area (Å²) in [6.07, 6.45) is 1.53. The van der Waals surface area contributed by atoms with Crippen molar-refractivity contribution in [3.8, 4) is 22.6 Å². The van der Waals surface area contributed by atoms with Gasteiger partial charge in [0.25, 0.3) is 5.91 Å². The highest BCUT2D eigenvalue weighted by Crippen LogP contribution is 2.33. The molecule has 0 spiro atoms. The Morgan fingerprint density at radius 2 is 1.77 bits per heavy atom. The Bertz CT molecular complexity index is 917. The second-order valence-electron chi connectivity index (χ2n) is 6.13. The fourth-order valence-electron chi connectivity index (χ4n) is 3.00. The number of fused-ring (bicyclic) bond motifs is 1. The largest absolute Gasteiger partial charge is 0.486 e. The average Bonchev–Trinajstić information content (AvgIpc) is 3.18. The van der Waals surface area contributed by atoms with Crippen LogP contribution >= 0.6 is 0 Å². The van der Waals surface area contributed by atoms with Gasteiger partial charge in [-0.1, -0.05) is 36.4 Å². The maximum atomic E-state index is 12.7. The van der Waals surface area contributed by atoms with Crippen molar-refractivity contribution in [2.24, 2.45) is 0 Å². The van der Waals surface area contributed by atoms with Gasteiger partial charge in [-0.15, -0.1) is 0 Å². The molecule has 2 heterocycles. The van der Waals surface area contributed by atoms with Crippen molar-refractivity contribution in [2.45, 2.75) is 13.0 Å². The van der Waals surface area contributed by atoms with Gasteiger partial charge in [0.1, 0.15) is 13.2 Å². The SMILES string of the molecule is C[C@H](NC(=O)c1occc1-c1ccccc1)c1ccc2c(c1)OCCO2. The Morgan fingerprint density at radius 1 is 1.00 bits per heavy atom. The molecule has 0 aliphatic carbocycles. The summed E-state index contributed by atoms with van der Waals surface area (Å²) in [5, 5.41) is 2.99. The van der Waals surface area contributed by atoms with Gasteiger partial charge in [-0.3, -0.25) is 4.79 Å². The van der Waals surface area contributed by atoms with Gasteiger partial charge in [-0.25, -0.2) is 0 Å². The summed E-state index contributed by atoms with van der Waals surface area (Å²) >= 11 is 0. The molecule has 3 aromatic rings. The number of rotatable bonds is 4. The fourth-order valence-corrected chi connectivity index (χ4v) is 3.00. The van der Waals surface area contributed by atoms with Crippen LogP contribution in [-0.2, 0) is 0 Å². The Balaban J connectivity index is 1.53. The molecule has 4 rings (SSSR count). The number of nitrogens with one attached hydrogen (secondary N) is 1. The average molecular weight is 349 g/mol. The number of benzene rings is 2. The molecule has 0 radical (unpaired) electrons. The molecule has 26 heavy (non-hydrogen) atoms. The van der Waals surface area contributed by atoms with E-state index in [9.17, 15) is 4.79 Å². The highest BCUT2D eigenvalue weighted by atomic mass is 16.6. The van der Waals surface area contributed by atoms with Crippen molar-refractivity contribution in [1.82, 2.24) is 5.32 Å². The summed E-state index contributed by atoms with van der Waals surface area (Å²) in [4.78, 5) is 12.7. The minimum Gasteiger partial charge on any atom is -0.486 e. The topological polar surface area (TPSA) is 60.7 Å². The molecule has 132 valence electrons. The normalized spacial score (nSPS) is 13.9. The van der Waals surface area contributed by atoms with E-state index < -0.39 is 0 Å². The summed E-state index contributed by atoms with van der Waals surface area (Å²) in [5.74, 6) is 1.49. The number of amides is 1. The van der Waals surface area contributed by atoms with Gasteiger partial charge in [0.15, 0.2) is 17.3 Å². The predicted molar refractivity (Wildman–Crippen MR) is 97.5 cm³/mol. The monoisotopic (exact) mass is 349 g/mol. The molecule has 0 fully saturated rings. The molecule has 5 heteroatoms. The van der Waals surface area contributed by atoms with E-state index in [-0.39, 0.29) is 11.9 Å². The van der Waals surface area contributed by atoms with Gasteiger partial charge in [0.05, 0.1) is 12.3 Å². The predicted octanol–water partition coefficient (Wildman–Crippen LogP) is 4.21. The zero-order chi connectivity index (χ0) is 17.9. The number of furan rings is 1. The van der Waals surface area contributed by atoms with E-state index in [1.165, 1.54) is 6.26 Å². The third-order valence-electron chi connectivity index (χ3n) is 4.37. The lowest BCUT2D eigenvalue weighted by molar-refractivity contribution is 0.0912. The molecule has 1 N–H and O–H groups in total. The van der Waals surface area contributed by atoms with Crippen LogP contribution in [0.5, 0.6) is 11.5 Å². The molecular formula is C21H19NO4. The van der Waals surface area contributed by atoms with Gasteiger partial charge in [-0.2, -0.15) is 0 Å². The molecule has 1 aliphatic rings. The van der Waals surface area contributed by atoms with Crippen LogP contribution in [0.25, 0.3) is 11.1 Å². The van der Waals surface area contributed by atoms with Crippen molar-refractivity contribution in [1.29, 1.82) is 0 Å². The molecule has 1 aromatic heterocycles. The summed E-state index contributed by atoms with van der Waals surface area (Å²) in [6.45, 7) is 3.01. The van der Waals surface area contributed by atoms with E-state index in [0.29, 0.717) is 24.7 Å². The maximum absolute atomic E-state index is 12.7. The quantitative estimate of drug-likeness (QED) is 0.766. The van der Waals surface area contributed by atoms with Crippen LogP contribution in [0, 0.1) is 0 Å². The number of hydrogen-bond donors (Lipinski definition) is 1. The van der Waals surface area contributed by atoms with Crippen molar-refractivity contribution < 1.29 is 18.7 Å². The molecule has 0 bridgehead atoms. The summed E-state index contributed by atoms with van der Waals surface area (Å²) in [6, 6.07) is 17.0. The van der Waals surface area contributed by atoms with Crippen LogP contribution in [0.1, 0.15) is 29.1 Å². The highest BCUT2D eigenvalue weighted by molar-refractivity contribution is 5.98. The zero-order valence-corrected chi connectivity index (χ0v) is 14.4. The molecule has 1 aliphatic heterocycles. The molecule has 0 saturated heterocycles. The first kappa shape index (κ1) is 16.3. The van der Waals surface area contributed by atoms with Crippen LogP contribution in [0.15, 0.2) is 65.3 Å². The first-order chi connectivity index (χ1) is 12.7. The second-order valence-corrected chi connectivity index (χ2v) is 6.13. The molecule has 0 unspecified atom stereocenters. The summed E-state index contributed by atoms with van der Waals surface area (Å²) in [7, 11) is 0. The highest BCUT2D eigenvalue weighted by Gasteiger charge is 2.20. The lowest BCUT2D eigenvalue weighted by Crippen LogP contribution is -2.27. The number of hydrogen-bond acceptors (Lipinski definition) is 4. The Labute approximate surface area is 151 Å². The molecular weight excluding hydrogens is 330 g/mol. The number of carbonyl (C=O) groups excluding carboxylic acids is 1. The fraction of sp³-hybridized carbons (Fsp3) is 0.190. The molecule has 2 aromatic carbocycles. The standard InChI is InChI=1S/C21H19NO4/c1-14(16-7-8-18-19(13-16)25-12-11-24-18)22-21(23)20-17(9-10-26-20)15-5-3-2-4-6-15/h2-10,13-14H,11-12H2,1H3,(H,22,23)/t14-/m0/s1. The second kappa shape index (κ2) is 6.96. The smallest absolute Gasteiger partial charge is 0.288 e. The Kier molecular flexibility index (Phi) is 4.35. The molecule has 1 atom stereocenters. The van der Waals surface area contributed by atoms with Gasteiger partial charge >= 0.3 is 0 Å². The van der Waals surface area contributed by atoms with Gasteiger partial charge < -0.3 is 19.2 Å². The zero-order valence-electron chi connectivity index (χ0n) is 14.4. The van der Waals surface area contributed by atoms with Crippen molar-refractivity contribution in [2.75, 3.05) is 13.2 Å². The lowest BCUT2D eigenvalue weighted by Gasteiger charge is -2.21. The van der Waals surface area contributed by atoms with E-state index in [1.54, 1.807) is 6.07 Å². The third-order valence-corrected chi connectivity index (χ3v) is 4.37. The van der Waals surface area contributed by atoms with Gasteiger partial charge in [0.2, 0.25) is 0 Å². The maximum Gasteiger partial charge on any atom is 0.288 e. The first-order valence-corrected chi connectivity index (χ1v) is 8.55. The van der Waals surface area contributed by atoms with E-state index in [4.69, 9.17) is 13.9 Å². The summed E-state index contributed by atoms with van der Waals surface area (Å²) in [5.41, 5.74) is 2.66. The Morgan fingerprint density at radius 3 is 2.58 bits per heavy atom. The minimum absolute atomic E-state index is 0.202. The number of carbonyl (C=O) groups is 1. The molecule has 0 saturated carbocycles. The van der Waals surface area contributed by atoms with Crippen LogP contribution in [-0.4, -0.2) is 19.1 Å². The van der Waals surface area contributed by atoms with E-state index in [0.717, 1.165) is 22.4 Å². The Hall–Kier alpha value is -3.21. The first-order valence-electron chi connectivity index (χ1n) is 8.55. The van der Waals surface area contributed by atoms with Crippen molar-refractivity contribution in [3.63, 3.8) is 0 Å². The van der Waals surface area contributed by atoms with Crippen LogP contribution in [0.2, 0.25) is 0 Å². The third kappa shape index (κ3) is 3.16. The van der Waals surface area contributed by atoms with Gasteiger partial charge in [0, 0.05) is 5.56 Å². The van der Waals surface area contributed by atoms with E-state index in [1.807, 2.05) is 55.5 Å². The molecule has 5 nitrogen and oxygen atoms in total. The van der Waals surface area contributed by atoms with Gasteiger partial charge in [-0.05, 0) is 36.2 Å². The van der Waals surface area contributed by atoms with E-state index in [2.05, 4.69) is 5.32 Å². The van der Waals surface area contributed by atoms with Crippen LogP contribution in [0.3, 0.4) is 0 Å². The summed E-state index contributed by atoms with van der Waals surface area (Å²) < 4.78 is 16.6. The van der Waals surface area contributed by atoms with Crippen LogP contribution in [0.4, 0.5) is 0 Å². The molecule has 1 amide bonds. The van der Waals surface area contributed by atoms with Crippen molar-refractivity contribution in [3.05, 3.63) is 72.2 Å². The number of ether oxygens (including phenoxy) is 2. The van der Waals surface area contributed by atoms with E-state index >= 15 is 0 Å². The minimum atomic E-state index is -0.253.